The largest absolute Gasteiger partial charge is 0.356 e. The Kier molecular flexibility index (Phi) is 3.36. The molecule has 5 heteroatoms. The molecular weight excluding hydrogens is 275 g/mol. The molecule has 0 bridgehead atoms. The van der Waals surface area contributed by atoms with Crippen molar-refractivity contribution in [3.63, 3.8) is 0 Å². The molecule has 1 aromatic carbocycles. The molecule has 0 saturated heterocycles. The van der Waals surface area contributed by atoms with Gasteiger partial charge < -0.3 is 9.84 Å². The second-order valence-electron chi connectivity index (χ2n) is 3.33. The molecule has 0 unspecified atom stereocenters. The molecule has 1 aromatic heterocycles. The van der Waals surface area contributed by atoms with Gasteiger partial charge in [-0.3, -0.25) is 0 Å². The summed E-state index contributed by atoms with van der Waals surface area (Å²) in [6.07, 6.45) is 1.59. The van der Waals surface area contributed by atoms with Crippen LogP contribution in [0.15, 0.2) is 33.4 Å². The van der Waals surface area contributed by atoms with Crippen molar-refractivity contribution in [1.29, 1.82) is 0 Å². The molecular formula is C11H10BrFN2O. The van der Waals surface area contributed by atoms with Gasteiger partial charge in [-0.25, -0.2) is 4.39 Å². The van der Waals surface area contributed by atoms with Crippen molar-refractivity contribution in [3.8, 4) is 11.3 Å². The predicted molar refractivity (Wildman–Crippen MR) is 62.4 cm³/mol. The van der Waals surface area contributed by atoms with Gasteiger partial charge in [-0.15, -0.1) is 0 Å². The predicted octanol–water partition coefficient (Wildman–Crippen LogP) is 2.96. The molecule has 0 amide bonds. The molecule has 2 rings (SSSR count). The molecule has 2 aromatic rings. The van der Waals surface area contributed by atoms with Crippen molar-refractivity contribution < 1.29 is 8.91 Å². The van der Waals surface area contributed by atoms with E-state index < -0.39 is 0 Å². The van der Waals surface area contributed by atoms with Gasteiger partial charge in [0.15, 0.2) is 5.76 Å². The number of aromatic nitrogens is 1. The molecule has 0 aliphatic carbocycles. The van der Waals surface area contributed by atoms with Crippen molar-refractivity contribution in [1.82, 2.24) is 10.5 Å². The molecule has 0 aliphatic rings. The van der Waals surface area contributed by atoms with E-state index in [-0.39, 0.29) is 5.82 Å². The van der Waals surface area contributed by atoms with Crippen LogP contribution in [0.2, 0.25) is 0 Å². The fraction of sp³-hybridized carbons (Fsp3) is 0.182. The summed E-state index contributed by atoms with van der Waals surface area (Å²) in [6, 6.07) is 4.84. The van der Waals surface area contributed by atoms with Crippen molar-refractivity contribution in [2.45, 2.75) is 6.54 Å². The number of halogens is 2. The first kappa shape index (κ1) is 11.3. The van der Waals surface area contributed by atoms with E-state index in [0.717, 1.165) is 5.56 Å². The summed E-state index contributed by atoms with van der Waals surface area (Å²) in [6.45, 7) is 0.592. The molecule has 0 spiro atoms. The van der Waals surface area contributed by atoms with Gasteiger partial charge >= 0.3 is 0 Å². The maximum atomic E-state index is 13.7. The van der Waals surface area contributed by atoms with Gasteiger partial charge in [0, 0.05) is 16.6 Å². The van der Waals surface area contributed by atoms with Crippen LogP contribution in [-0.4, -0.2) is 12.2 Å². The Labute approximate surface area is 101 Å². The number of hydrogen-bond donors (Lipinski definition) is 1. The lowest BCUT2D eigenvalue weighted by Gasteiger charge is -2.02. The van der Waals surface area contributed by atoms with Gasteiger partial charge in [-0.05, 0) is 25.2 Å². The molecule has 0 saturated carbocycles. The summed E-state index contributed by atoms with van der Waals surface area (Å²) >= 11 is 3.21. The molecule has 1 heterocycles. The fourth-order valence-corrected chi connectivity index (χ4v) is 1.81. The fourth-order valence-electron chi connectivity index (χ4n) is 1.47. The van der Waals surface area contributed by atoms with Crippen LogP contribution in [0.4, 0.5) is 4.39 Å². The zero-order chi connectivity index (χ0) is 11.5. The quantitative estimate of drug-likeness (QED) is 0.942. The lowest BCUT2D eigenvalue weighted by atomic mass is 10.1. The van der Waals surface area contributed by atoms with E-state index in [2.05, 4.69) is 26.4 Å². The Hall–Kier alpha value is -1.20. The highest BCUT2D eigenvalue weighted by atomic mass is 79.9. The van der Waals surface area contributed by atoms with E-state index in [1.807, 2.05) is 7.05 Å². The van der Waals surface area contributed by atoms with Crippen LogP contribution in [-0.2, 0) is 6.54 Å². The average Bonchev–Trinajstić information content (AvgIpc) is 2.67. The summed E-state index contributed by atoms with van der Waals surface area (Å²) < 4.78 is 19.5. The second-order valence-corrected chi connectivity index (χ2v) is 4.25. The molecule has 84 valence electrons. The Morgan fingerprint density at radius 2 is 2.31 bits per heavy atom. The highest BCUT2D eigenvalue weighted by molar-refractivity contribution is 9.10. The summed E-state index contributed by atoms with van der Waals surface area (Å²) in [4.78, 5) is 0. The second kappa shape index (κ2) is 4.76. The van der Waals surface area contributed by atoms with Gasteiger partial charge in [0.2, 0.25) is 0 Å². The zero-order valence-electron chi connectivity index (χ0n) is 8.63. The Morgan fingerprint density at radius 1 is 1.50 bits per heavy atom. The zero-order valence-corrected chi connectivity index (χ0v) is 10.2. The van der Waals surface area contributed by atoms with E-state index in [4.69, 9.17) is 4.52 Å². The van der Waals surface area contributed by atoms with Crippen molar-refractivity contribution in [2.75, 3.05) is 7.05 Å². The van der Waals surface area contributed by atoms with Crippen LogP contribution in [0.3, 0.4) is 0 Å². The summed E-state index contributed by atoms with van der Waals surface area (Å²) in [7, 11) is 1.81. The normalized spacial score (nSPS) is 10.7. The maximum Gasteiger partial charge on any atom is 0.174 e. The monoisotopic (exact) mass is 284 g/mol. The maximum absolute atomic E-state index is 13.7. The first-order valence-corrected chi connectivity index (χ1v) is 5.55. The average molecular weight is 285 g/mol. The van der Waals surface area contributed by atoms with Gasteiger partial charge in [0.1, 0.15) is 5.82 Å². The van der Waals surface area contributed by atoms with Gasteiger partial charge in [-0.1, -0.05) is 21.1 Å². The molecule has 16 heavy (non-hydrogen) atoms. The molecule has 0 radical (unpaired) electrons. The number of rotatable bonds is 3. The van der Waals surface area contributed by atoms with Gasteiger partial charge in [0.05, 0.1) is 11.8 Å². The summed E-state index contributed by atoms with van der Waals surface area (Å²) in [5.74, 6) is 0.142. The lowest BCUT2D eigenvalue weighted by molar-refractivity contribution is 0.429. The van der Waals surface area contributed by atoms with E-state index in [0.29, 0.717) is 22.3 Å². The number of benzene rings is 1. The van der Waals surface area contributed by atoms with Gasteiger partial charge in [0.25, 0.3) is 0 Å². The molecule has 0 aliphatic heterocycles. The molecule has 0 fully saturated rings. The minimum atomic E-state index is -0.330. The first-order valence-electron chi connectivity index (χ1n) is 4.76. The van der Waals surface area contributed by atoms with E-state index in [1.165, 1.54) is 6.07 Å². The smallest absolute Gasteiger partial charge is 0.174 e. The minimum absolute atomic E-state index is 0.330. The van der Waals surface area contributed by atoms with Crippen LogP contribution in [0.1, 0.15) is 5.56 Å². The lowest BCUT2D eigenvalue weighted by Crippen LogP contribution is -2.05. The van der Waals surface area contributed by atoms with Crippen LogP contribution < -0.4 is 5.32 Å². The Balaban J connectivity index is 2.46. The molecule has 3 nitrogen and oxygen atoms in total. The third-order valence-electron chi connectivity index (χ3n) is 2.19. The molecule has 1 N–H and O–H groups in total. The third-order valence-corrected chi connectivity index (χ3v) is 2.68. The standard InChI is InChI=1S/C11H10BrFN2O/c1-14-5-7-6-15-16-11(7)9-3-2-8(12)4-10(9)13/h2-4,6,14H,5H2,1H3. The van der Waals surface area contributed by atoms with Gasteiger partial charge in [-0.2, -0.15) is 0 Å². The van der Waals surface area contributed by atoms with Crippen LogP contribution in [0, 0.1) is 5.82 Å². The first-order chi connectivity index (χ1) is 7.72. The van der Waals surface area contributed by atoms with E-state index >= 15 is 0 Å². The van der Waals surface area contributed by atoms with Crippen LogP contribution in [0.5, 0.6) is 0 Å². The highest BCUT2D eigenvalue weighted by Gasteiger charge is 2.14. The van der Waals surface area contributed by atoms with Crippen molar-refractivity contribution in [3.05, 3.63) is 40.2 Å². The SMILES string of the molecule is CNCc1cnoc1-c1ccc(Br)cc1F. The highest BCUT2D eigenvalue weighted by Crippen LogP contribution is 2.28. The Morgan fingerprint density at radius 3 is 3.00 bits per heavy atom. The van der Waals surface area contributed by atoms with E-state index in [9.17, 15) is 4.39 Å². The topological polar surface area (TPSA) is 38.1 Å². The number of hydrogen-bond acceptors (Lipinski definition) is 3. The minimum Gasteiger partial charge on any atom is -0.356 e. The number of nitrogens with zero attached hydrogens (tertiary/aromatic N) is 1. The molecule has 0 atom stereocenters. The Bertz CT molecular complexity index is 498. The summed E-state index contributed by atoms with van der Waals surface area (Å²) in [5.41, 5.74) is 1.26. The third kappa shape index (κ3) is 2.15. The van der Waals surface area contributed by atoms with E-state index in [1.54, 1.807) is 18.3 Å². The number of nitrogens with one attached hydrogen (secondary N) is 1. The van der Waals surface area contributed by atoms with Crippen molar-refractivity contribution in [2.24, 2.45) is 0 Å². The van der Waals surface area contributed by atoms with Crippen molar-refractivity contribution >= 4 is 15.9 Å². The van der Waals surface area contributed by atoms with Crippen LogP contribution >= 0.6 is 15.9 Å². The van der Waals surface area contributed by atoms with Crippen LogP contribution in [0.25, 0.3) is 11.3 Å². The summed E-state index contributed by atoms with van der Waals surface area (Å²) in [5, 5.41) is 6.67.